The monoisotopic (exact) mass is 389 g/mol. The summed E-state index contributed by atoms with van der Waals surface area (Å²) in [6.45, 7) is 6.55. The van der Waals surface area contributed by atoms with Crippen LogP contribution in [0, 0.1) is 12.8 Å². The summed E-state index contributed by atoms with van der Waals surface area (Å²) in [5.74, 6) is 0.161. The molecule has 0 unspecified atom stereocenters. The topological polar surface area (TPSA) is 64.0 Å². The zero-order valence-electron chi connectivity index (χ0n) is 14.9. The second-order valence-electron chi connectivity index (χ2n) is 6.60. The molecule has 0 aliphatic heterocycles. The number of benzene rings is 1. The summed E-state index contributed by atoms with van der Waals surface area (Å²) in [4.78, 5) is 31.2. The summed E-state index contributed by atoms with van der Waals surface area (Å²) in [7, 11) is 0. The number of hydrogen-bond donors (Lipinski definition) is 1. The molecule has 5 nitrogen and oxygen atoms in total. The van der Waals surface area contributed by atoms with Gasteiger partial charge in [0.15, 0.2) is 0 Å². The largest absolute Gasteiger partial charge is 0.354 e. The van der Waals surface area contributed by atoms with E-state index >= 15 is 0 Å². The van der Waals surface area contributed by atoms with Gasteiger partial charge in [-0.25, -0.2) is 4.98 Å². The van der Waals surface area contributed by atoms with Crippen molar-refractivity contribution in [1.82, 2.24) is 14.9 Å². The van der Waals surface area contributed by atoms with E-state index < -0.39 is 0 Å². The van der Waals surface area contributed by atoms with Gasteiger partial charge in [0.05, 0.1) is 11.7 Å². The SMILES string of the molecule is Cc1sc2ncn(CC(=O)NCC(C)C)c(=O)c2c1-c1ccc(Cl)cc1. The zero-order valence-corrected chi connectivity index (χ0v) is 16.4. The number of nitrogens with one attached hydrogen (secondary N) is 1. The van der Waals surface area contributed by atoms with Gasteiger partial charge in [-0.2, -0.15) is 0 Å². The van der Waals surface area contributed by atoms with Gasteiger partial charge in [-0.05, 0) is 30.5 Å². The van der Waals surface area contributed by atoms with E-state index in [1.54, 1.807) is 12.1 Å². The quantitative estimate of drug-likeness (QED) is 0.720. The van der Waals surface area contributed by atoms with Crippen LogP contribution >= 0.6 is 22.9 Å². The fraction of sp³-hybridized carbons (Fsp3) is 0.316. The van der Waals surface area contributed by atoms with E-state index in [1.807, 2.05) is 32.9 Å². The number of amides is 1. The van der Waals surface area contributed by atoms with Crippen LogP contribution in [0.2, 0.25) is 5.02 Å². The first kappa shape index (κ1) is 18.6. The number of halogens is 1. The molecule has 0 saturated carbocycles. The van der Waals surface area contributed by atoms with E-state index in [-0.39, 0.29) is 18.0 Å². The van der Waals surface area contributed by atoms with Crippen molar-refractivity contribution in [3.05, 3.63) is 50.8 Å². The summed E-state index contributed by atoms with van der Waals surface area (Å²) in [5.41, 5.74) is 1.57. The van der Waals surface area contributed by atoms with Gasteiger partial charge < -0.3 is 5.32 Å². The van der Waals surface area contributed by atoms with Crippen molar-refractivity contribution in [1.29, 1.82) is 0 Å². The van der Waals surface area contributed by atoms with Gasteiger partial charge in [0, 0.05) is 22.0 Å². The van der Waals surface area contributed by atoms with Gasteiger partial charge in [-0.3, -0.25) is 14.2 Å². The molecule has 3 rings (SSSR count). The molecule has 1 aromatic carbocycles. The van der Waals surface area contributed by atoms with Crippen LogP contribution < -0.4 is 10.9 Å². The molecule has 0 aliphatic carbocycles. The maximum Gasteiger partial charge on any atom is 0.263 e. The zero-order chi connectivity index (χ0) is 18.8. The normalized spacial score (nSPS) is 11.3. The maximum absolute atomic E-state index is 13.0. The fourth-order valence-electron chi connectivity index (χ4n) is 2.74. The first-order valence-corrected chi connectivity index (χ1v) is 9.57. The standard InChI is InChI=1S/C19H20ClN3O2S/c1-11(2)8-21-15(24)9-23-10-22-18-17(19(23)25)16(12(3)26-18)13-4-6-14(20)7-5-13/h4-7,10-11H,8-9H2,1-3H3,(H,21,24). The third-order valence-electron chi connectivity index (χ3n) is 4.01. The Morgan fingerprint density at radius 1 is 1.31 bits per heavy atom. The van der Waals surface area contributed by atoms with E-state index in [0.29, 0.717) is 27.7 Å². The summed E-state index contributed by atoms with van der Waals surface area (Å²) in [6.07, 6.45) is 1.45. The second-order valence-corrected chi connectivity index (χ2v) is 8.24. The molecule has 0 bridgehead atoms. The first-order chi connectivity index (χ1) is 12.4. The second kappa shape index (κ2) is 7.60. The minimum atomic E-state index is -0.205. The highest BCUT2D eigenvalue weighted by Gasteiger charge is 2.17. The van der Waals surface area contributed by atoms with Crippen LogP contribution in [0.4, 0.5) is 0 Å². The summed E-state index contributed by atoms with van der Waals surface area (Å²) in [5, 5.41) is 4.02. The van der Waals surface area contributed by atoms with Gasteiger partial charge in [0.2, 0.25) is 5.91 Å². The summed E-state index contributed by atoms with van der Waals surface area (Å²) in [6, 6.07) is 7.38. The highest BCUT2D eigenvalue weighted by Crippen LogP contribution is 2.35. The van der Waals surface area contributed by atoms with Crippen LogP contribution in [0.1, 0.15) is 18.7 Å². The lowest BCUT2D eigenvalue weighted by atomic mass is 10.0. The molecule has 0 saturated heterocycles. The Morgan fingerprint density at radius 3 is 2.65 bits per heavy atom. The molecule has 0 atom stereocenters. The van der Waals surface area contributed by atoms with Crippen molar-refractivity contribution in [3.8, 4) is 11.1 Å². The molecule has 0 aliphatic rings. The minimum Gasteiger partial charge on any atom is -0.354 e. The van der Waals surface area contributed by atoms with Crippen LogP contribution in [0.3, 0.4) is 0 Å². The van der Waals surface area contributed by atoms with Crippen LogP contribution in [-0.4, -0.2) is 22.0 Å². The number of nitrogens with zero attached hydrogens (tertiary/aromatic N) is 2. The number of hydrogen-bond acceptors (Lipinski definition) is 4. The number of carbonyl (C=O) groups is 1. The van der Waals surface area contributed by atoms with Crippen LogP contribution in [0.25, 0.3) is 21.3 Å². The van der Waals surface area contributed by atoms with E-state index in [1.165, 1.54) is 22.2 Å². The molecular formula is C19H20ClN3O2S. The van der Waals surface area contributed by atoms with Crippen molar-refractivity contribution in [3.63, 3.8) is 0 Å². The third-order valence-corrected chi connectivity index (χ3v) is 5.27. The molecule has 0 radical (unpaired) electrons. The Hall–Kier alpha value is -2.18. The van der Waals surface area contributed by atoms with Gasteiger partial charge in [0.1, 0.15) is 11.4 Å². The van der Waals surface area contributed by atoms with Crippen molar-refractivity contribution < 1.29 is 4.79 Å². The number of rotatable bonds is 5. The smallest absolute Gasteiger partial charge is 0.263 e. The number of carbonyl (C=O) groups excluding carboxylic acids is 1. The summed E-state index contributed by atoms with van der Waals surface area (Å²) >= 11 is 7.45. The van der Waals surface area contributed by atoms with Crippen LogP contribution in [0.15, 0.2) is 35.4 Å². The fourth-order valence-corrected chi connectivity index (χ4v) is 3.87. The first-order valence-electron chi connectivity index (χ1n) is 8.38. The molecule has 136 valence electrons. The molecular weight excluding hydrogens is 370 g/mol. The van der Waals surface area contributed by atoms with E-state index in [4.69, 9.17) is 11.6 Å². The lowest BCUT2D eigenvalue weighted by Crippen LogP contribution is -2.34. The molecule has 3 aromatic rings. The lowest BCUT2D eigenvalue weighted by Gasteiger charge is -2.09. The lowest BCUT2D eigenvalue weighted by molar-refractivity contribution is -0.121. The van der Waals surface area contributed by atoms with Crippen molar-refractivity contribution >= 4 is 39.1 Å². The Morgan fingerprint density at radius 2 is 2.00 bits per heavy atom. The Kier molecular flexibility index (Phi) is 5.44. The average molecular weight is 390 g/mol. The molecule has 0 fully saturated rings. The molecule has 2 aromatic heterocycles. The predicted octanol–water partition coefficient (Wildman–Crippen LogP) is 3.86. The third kappa shape index (κ3) is 3.81. The predicted molar refractivity (Wildman–Crippen MR) is 107 cm³/mol. The average Bonchev–Trinajstić information content (AvgIpc) is 2.93. The van der Waals surface area contributed by atoms with E-state index in [0.717, 1.165) is 16.0 Å². The number of aromatic nitrogens is 2. The number of aryl methyl sites for hydroxylation is 1. The van der Waals surface area contributed by atoms with Crippen molar-refractivity contribution in [2.75, 3.05) is 6.54 Å². The van der Waals surface area contributed by atoms with Crippen LogP contribution in [-0.2, 0) is 11.3 Å². The van der Waals surface area contributed by atoms with Crippen molar-refractivity contribution in [2.24, 2.45) is 5.92 Å². The number of fused-ring (bicyclic) bond motifs is 1. The van der Waals surface area contributed by atoms with Gasteiger partial charge in [0.25, 0.3) is 5.56 Å². The highest BCUT2D eigenvalue weighted by molar-refractivity contribution is 7.19. The van der Waals surface area contributed by atoms with Crippen molar-refractivity contribution in [2.45, 2.75) is 27.3 Å². The molecule has 1 amide bonds. The molecule has 26 heavy (non-hydrogen) atoms. The van der Waals surface area contributed by atoms with Gasteiger partial charge in [-0.15, -0.1) is 11.3 Å². The Bertz CT molecular complexity index is 1010. The maximum atomic E-state index is 13.0. The molecule has 7 heteroatoms. The number of thiophene rings is 1. The Labute approximate surface area is 160 Å². The van der Waals surface area contributed by atoms with E-state index in [2.05, 4.69) is 10.3 Å². The molecule has 2 heterocycles. The minimum absolute atomic E-state index is 0.0382. The van der Waals surface area contributed by atoms with Gasteiger partial charge >= 0.3 is 0 Å². The molecule has 1 N–H and O–H groups in total. The van der Waals surface area contributed by atoms with Gasteiger partial charge in [-0.1, -0.05) is 37.6 Å². The molecule has 0 spiro atoms. The van der Waals surface area contributed by atoms with E-state index in [9.17, 15) is 9.59 Å². The summed E-state index contributed by atoms with van der Waals surface area (Å²) < 4.78 is 1.36. The van der Waals surface area contributed by atoms with Crippen LogP contribution in [0.5, 0.6) is 0 Å². The highest BCUT2D eigenvalue weighted by atomic mass is 35.5. The Balaban J connectivity index is 2.03.